The molecule has 0 radical (unpaired) electrons. The molecule has 3 aromatic rings. The van der Waals surface area contributed by atoms with Crippen LogP contribution < -0.4 is 30.7 Å². The predicted molar refractivity (Wildman–Crippen MR) is 196 cm³/mol. The van der Waals surface area contributed by atoms with Crippen LogP contribution in [0.25, 0.3) is 0 Å². The topological polar surface area (TPSA) is 181 Å². The number of halogens is 8. The molecule has 0 aliphatic rings. The fraction of sp³-hybridized carbons (Fsp3) is 0.395. The van der Waals surface area contributed by atoms with E-state index < -0.39 is 103 Å². The molecule has 0 fully saturated rings. The van der Waals surface area contributed by atoms with Crippen LogP contribution in [0.2, 0.25) is 5.02 Å². The maximum Gasteiger partial charge on any atom is 0.405 e. The van der Waals surface area contributed by atoms with Gasteiger partial charge < -0.3 is 40.6 Å². The van der Waals surface area contributed by atoms with Crippen LogP contribution in [0.4, 0.5) is 30.7 Å². The molecule has 0 aliphatic carbocycles. The number of carbonyl (C=O) groups is 5. The van der Waals surface area contributed by atoms with Gasteiger partial charge in [-0.05, 0) is 68.3 Å². The van der Waals surface area contributed by atoms with Crippen molar-refractivity contribution in [2.75, 3.05) is 26.8 Å². The highest BCUT2D eigenvalue weighted by Gasteiger charge is 2.48. The summed E-state index contributed by atoms with van der Waals surface area (Å²) in [5.74, 6) is -16.4. The first-order chi connectivity index (χ1) is 27.3. The zero-order chi connectivity index (χ0) is 44.3. The lowest BCUT2D eigenvalue weighted by molar-refractivity contribution is -0.169. The Hall–Kier alpha value is -5.63. The lowest BCUT2D eigenvalue weighted by Gasteiger charge is -2.26. The van der Waals surface area contributed by atoms with Gasteiger partial charge in [0.05, 0.1) is 13.7 Å². The standard InChI is InChI=1S/C38H40ClF7N4O9/c1-35(2,3)59-29(52)19-58-26-12-8-21(9-13-26)16-27(49-34(56)37(43,44)23-6-5-7-24(39)17-23)31(53)50-30(22-10-14-25(57-4)15-11-22)32(54)47-18-28(51)38(45,46)33(55)48-20-36(40,41)42/h5-15,17,27-28,30,51H,16,18-20H2,1-4H3,(H,47,54)(H,48,55)(H,49,56)(H,50,53)/t27-,28+,30-/m0/s1. The number of rotatable bonds is 18. The number of benzene rings is 3. The number of nitrogens with one attached hydrogen (secondary N) is 4. The smallest absolute Gasteiger partial charge is 0.405 e. The molecule has 3 rings (SSSR count). The van der Waals surface area contributed by atoms with Gasteiger partial charge >= 0.3 is 24.0 Å². The van der Waals surface area contributed by atoms with Crippen LogP contribution >= 0.6 is 11.6 Å². The Morgan fingerprint density at radius 1 is 0.780 bits per heavy atom. The lowest BCUT2D eigenvalue weighted by Crippen LogP contribution is -2.56. The van der Waals surface area contributed by atoms with E-state index in [2.05, 4.69) is 5.32 Å². The summed E-state index contributed by atoms with van der Waals surface area (Å²) < 4.78 is 113. The van der Waals surface area contributed by atoms with Crippen molar-refractivity contribution in [1.82, 2.24) is 21.3 Å². The number of aliphatic hydroxyl groups is 1. The maximum atomic E-state index is 15.5. The molecule has 0 spiro atoms. The Bertz CT molecular complexity index is 1940. The molecule has 3 atom stereocenters. The normalized spacial score (nSPS) is 13.6. The average Bonchev–Trinajstić information content (AvgIpc) is 3.16. The number of hydrogen-bond acceptors (Lipinski definition) is 9. The van der Waals surface area contributed by atoms with Crippen LogP contribution in [0.15, 0.2) is 72.8 Å². The van der Waals surface area contributed by atoms with Gasteiger partial charge in [0, 0.05) is 17.0 Å². The lowest BCUT2D eigenvalue weighted by atomic mass is 10.0. The second-order valence-electron chi connectivity index (χ2n) is 13.7. The summed E-state index contributed by atoms with van der Waals surface area (Å²) in [6.07, 6.45) is -8.63. The third kappa shape index (κ3) is 14.6. The Morgan fingerprint density at radius 2 is 1.39 bits per heavy atom. The molecule has 21 heteroatoms. The van der Waals surface area contributed by atoms with E-state index >= 15 is 8.78 Å². The van der Waals surface area contributed by atoms with Crippen molar-refractivity contribution in [2.24, 2.45) is 0 Å². The Kier molecular flexibility index (Phi) is 16.1. The van der Waals surface area contributed by atoms with E-state index in [0.717, 1.165) is 23.5 Å². The second kappa shape index (κ2) is 19.9. The first-order valence-corrected chi connectivity index (χ1v) is 17.7. The van der Waals surface area contributed by atoms with Gasteiger partial charge in [0.2, 0.25) is 11.8 Å². The van der Waals surface area contributed by atoms with Crippen LogP contribution in [0.3, 0.4) is 0 Å². The third-order valence-electron chi connectivity index (χ3n) is 7.87. The zero-order valence-electron chi connectivity index (χ0n) is 31.7. The van der Waals surface area contributed by atoms with Crippen LogP contribution in [-0.4, -0.2) is 91.4 Å². The summed E-state index contributed by atoms with van der Waals surface area (Å²) in [6, 6.07) is 11.1. The zero-order valence-corrected chi connectivity index (χ0v) is 32.5. The van der Waals surface area contributed by atoms with Crippen molar-refractivity contribution in [3.8, 4) is 11.5 Å². The molecule has 0 saturated carbocycles. The first kappa shape index (κ1) is 47.7. The Labute approximate surface area is 337 Å². The molecule has 0 heterocycles. The number of esters is 1. The molecule has 4 amide bonds. The van der Waals surface area contributed by atoms with Gasteiger partial charge in [-0.25, -0.2) is 4.79 Å². The molecule has 322 valence electrons. The van der Waals surface area contributed by atoms with E-state index in [9.17, 15) is 51.0 Å². The molecule has 5 N–H and O–H groups in total. The highest BCUT2D eigenvalue weighted by molar-refractivity contribution is 6.30. The monoisotopic (exact) mass is 864 g/mol. The van der Waals surface area contributed by atoms with Gasteiger partial charge in [0.1, 0.15) is 41.8 Å². The predicted octanol–water partition coefficient (Wildman–Crippen LogP) is 4.54. The molecular weight excluding hydrogens is 825 g/mol. The van der Waals surface area contributed by atoms with Gasteiger partial charge in [-0.1, -0.05) is 48.0 Å². The molecule has 0 saturated heterocycles. The van der Waals surface area contributed by atoms with E-state index in [1.807, 2.05) is 10.6 Å². The molecule has 13 nitrogen and oxygen atoms in total. The van der Waals surface area contributed by atoms with Crippen molar-refractivity contribution in [2.45, 2.75) is 69.0 Å². The highest BCUT2D eigenvalue weighted by atomic mass is 35.5. The number of alkyl halides is 7. The van der Waals surface area contributed by atoms with Gasteiger partial charge in [-0.2, -0.15) is 30.7 Å². The van der Waals surface area contributed by atoms with Gasteiger partial charge in [0.25, 0.3) is 11.8 Å². The van der Waals surface area contributed by atoms with E-state index in [0.29, 0.717) is 0 Å². The maximum absolute atomic E-state index is 15.5. The van der Waals surface area contributed by atoms with Crippen LogP contribution in [-0.2, 0) is 41.1 Å². The molecule has 0 aliphatic heterocycles. The van der Waals surface area contributed by atoms with Crippen molar-refractivity contribution in [1.29, 1.82) is 0 Å². The number of carbonyl (C=O) groups excluding carboxylic acids is 5. The number of hydrogen-bond donors (Lipinski definition) is 5. The summed E-state index contributed by atoms with van der Waals surface area (Å²) in [4.78, 5) is 64.3. The largest absolute Gasteiger partial charge is 0.497 e. The Balaban J connectivity index is 1.91. The van der Waals surface area contributed by atoms with Gasteiger partial charge in [-0.3, -0.25) is 19.2 Å². The minimum atomic E-state index is -5.06. The second-order valence-corrected chi connectivity index (χ2v) is 14.2. The van der Waals surface area contributed by atoms with Crippen molar-refractivity contribution >= 4 is 41.2 Å². The molecule has 3 aromatic carbocycles. The minimum Gasteiger partial charge on any atom is -0.497 e. The fourth-order valence-corrected chi connectivity index (χ4v) is 5.15. The summed E-state index contributed by atoms with van der Waals surface area (Å²) >= 11 is 5.85. The molecule has 0 aromatic heterocycles. The SMILES string of the molecule is COc1ccc([C@H](NC(=O)[C@H](Cc2ccc(OCC(=O)OC(C)(C)C)cc2)NC(=O)C(F)(F)c2cccc(Cl)c2)C(=O)NC[C@@H](O)C(F)(F)C(=O)NCC(F)(F)F)cc1. The van der Waals surface area contributed by atoms with Gasteiger partial charge in [-0.15, -0.1) is 0 Å². The van der Waals surface area contributed by atoms with Crippen molar-refractivity contribution < 1.29 is 74.0 Å². The minimum absolute atomic E-state index is 0.0679. The molecule has 0 unspecified atom stereocenters. The molecule has 59 heavy (non-hydrogen) atoms. The Morgan fingerprint density at radius 3 is 1.95 bits per heavy atom. The third-order valence-corrected chi connectivity index (χ3v) is 8.11. The summed E-state index contributed by atoms with van der Waals surface area (Å²) in [5.41, 5.74) is -1.44. The first-order valence-electron chi connectivity index (χ1n) is 17.3. The van der Waals surface area contributed by atoms with Crippen LogP contribution in [0.1, 0.15) is 43.5 Å². The van der Waals surface area contributed by atoms with E-state index in [1.165, 1.54) is 61.7 Å². The van der Waals surface area contributed by atoms with Crippen LogP contribution in [0, 0.1) is 0 Å². The quantitative estimate of drug-likeness (QED) is 0.0907. The fourth-order valence-electron chi connectivity index (χ4n) is 4.96. The molecular formula is C38H40ClF7N4O9. The number of amides is 4. The van der Waals surface area contributed by atoms with E-state index in [-0.39, 0.29) is 27.6 Å². The van der Waals surface area contributed by atoms with E-state index in [1.54, 1.807) is 20.8 Å². The summed E-state index contributed by atoms with van der Waals surface area (Å²) in [5, 5.41) is 16.9. The molecule has 0 bridgehead atoms. The highest BCUT2D eigenvalue weighted by Crippen LogP contribution is 2.30. The van der Waals surface area contributed by atoms with E-state index in [4.69, 9.17) is 25.8 Å². The number of ether oxygens (including phenoxy) is 3. The van der Waals surface area contributed by atoms with Crippen LogP contribution in [0.5, 0.6) is 11.5 Å². The van der Waals surface area contributed by atoms with Crippen molar-refractivity contribution in [3.63, 3.8) is 0 Å². The average molecular weight is 865 g/mol. The van der Waals surface area contributed by atoms with Crippen molar-refractivity contribution in [3.05, 3.63) is 94.5 Å². The van der Waals surface area contributed by atoms with Gasteiger partial charge in [0.15, 0.2) is 6.61 Å². The summed E-state index contributed by atoms with van der Waals surface area (Å²) in [6.45, 7) is 0.937. The summed E-state index contributed by atoms with van der Waals surface area (Å²) in [7, 11) is 1.31. The number of methoxy groups -OCH3 is 1. The number of aliphatic hydroxyl groups excluding tert-OH is 1.